The summed E-state index contributed by atoms with van der Waals surface area (Å²) < 4.78 is 14.5. The number of piperazine rings is 1. The van der Waals surface area contributed by atoms with Crippen molar-refractivity contribution < 1.29 is 13.8 Å². The Kier molecular flexibility index (Phi) is 12.2. The SMILES string of the molecule is CC(C)N(C(C)C)P(OCCC#N)OCCN1CCC(C(=O)N2CCN(C(C)(C)C)CC2)CC1. The van der Waals surface area contributed by atoms with E-state index in [1.807, 2.05) is 0 Å². The van der Waals surface area contributed by atoms with Crippen LogP contribution in [0.3, 0.4) is 0 Å². The van der Waals surface area contributed by atoms with E-state index in [0.29, 0.717) is 37.6 Å². The highest BCUT2D eigenvalue weighted by Crippen LogP contribution is 2.45. The summed E-state index contributed by atoms with van der Waals surface area (Å²) in [5.74, 6) is 0.505. The van der Waals surface area contributed by atoms with Crippen LogP contribution in [0, 0.1) is 17.2 Å². The molecular formula is C25H48N5O3P. The van der Waals surface area contributed by atoms with E-state index in [1.54, 1.807) is 0 Å². The quantitative estimate of drug-likeness (QED) is 0.316. The molecule has 2 fully saturated rings. The molecule has 0 aromatic carbocycles. The summed E-state index contributed by atoms with van der Waals surface area (Å²) in [6.45, 7) is 22.7. The Morgan fingerprint density at radius 1 is 1.00 bits per heavy atom. The summed E-state index contributed by atoms with van der Waals surface area (Å²) in [4.78, 5) is 20.0. The molecule has 2 aliphatic rings. The predicted octanol–water partition coefficient (Wildman–Crippen LogP) is 3.93. The lowest BCUT2D eigenvalue weighted by atomic mass is 9.94. The molecule has 1 amide bonds. The molecule has 9 heteroatoms. The lowest BCUT2D eigenvalue weighted by molar-refractivity contribution is -0.139. The van der Waals surface area contributed by atoms with Crippen molar-refractivity contribution >= 4 is 14.4 Å². The van der Waals surface area contributed by atoms with Gasteiger partial charge in [-0.15, -0.1) is 0 Å². The Bertz CT molecular complexity index is 640. The third kappa shape index (κ3) is 9.00. The van der Waals surface area contributed by atoms with Crippen molar-refractivity contribution in [3.8, 4) is 6.07 Å². The molecule has 196 valence electrons. The average molecular weight is 498 g/mol. The van der Waals surface area contributed by atoms with Gasteiger partial charge >= 0.3 is 0 Å². The van der Waals surface area contributed by atoms with E-state index < -0.39 is 8.53 Å². The zero-order valence-electron chi connectivity index (χ0n) is 22.6. The van der Waals surface area contributed by atoms with Crippen LogP contribution < -0.4 is 0 Å². The number of carbonyl (C=O) groups excluding carboxylic acids is 1. The number of carbonyl (C=O) groups is 1. The molecule has 2 heterocycles. The maximum Gasteiger partial charge on any atom is 0.259 e. The Morgan fingerprint density at radius 3 is 2.06 bits per heavy atom. The van der Waals surface area contributed by atoms with Crippen molar-refractivity contribution in [1.29, 1.82) is 5.26 Å². The molecule has 2 aliphatic heterocycles. The highest BCUT2D eigenvalue weighted by Gasteiger charge is 2.33. The smallest absolute Gasteiger partial charge is 0.259 e. The monoisotopic (exact) mass is 497 g/mol. The van der Waals surface area contributed by atoms with Crippen LogP contribution in [0.2, 0.25) is 0 Å². The molecule has 0 bridgehead atoms. The first kappa shape index (κ1) is 29.4. The Balaban J connectivity index is 1.75. The first-order valence-corrected chi connectivity index (χ1v) is 14.1. The fourth-order valence-electron chi connectivity index (χ4n) is 4.82. The lowest BCUT2D eigenvalue weighted by Gasteiger charge is -2.43. The van der Waals surface area contributed by atoms with Crippen LogP contribution >= 0.6 is 8.53 Å². The van der Waals surface area contributed by atoms with Gasteiger partial charge in [-0.3, -0.25) is 9.69 Å². The van der Waals surface area contributed by atoms with Crippen molar-refractivity contribution in [2.24, 2.45) is 5.92 Å². The van der Waals surface area contributed by atoms with Gasteiger partial charge in [-0.1, -0.05) is 0 Å². The number of hydrogen-bond acceptors (Lipinski definition) is 7. The number of likely N-dealkylation sites (tertiary alicyclic amines) is 1. The van der Waals surface area contributed by atoms with Crippen molar-refractivity contribution in [2.45, 2.75) is 85.4 Å². The number of nitriles is 1. The van der Waals surface area contributed by atoms with Gasteiger partial charge in [0.05, 0.1) is 25.7 Å². The van der Waals surface area contributed by atoms with Crippen LogP contribution in [0.1, 0.15) is 67.7 Å². The lowest BCUT2D eigenvalue weighted by Crippen LogP contribution is -2.56. The molecule has 0 aromatic heterocycles. The van der Waals surface area contributed by atoms with Gasteiger partial charge in [-0.2, -0.15) is 5.26 Å². The highest BCUT2D eigenvalue weighted by molar-refractivity contribution is 7.44. The zero-order chi connectivity index (χ0) is 25.3. The minimum Gasteiger partial charge on any atom is -0.340 e. The third-order valence-electron chi connectivity index (χ3n) is 6.75. The van der Waals surface area contributed by atoms with Crippen LogP contribution in [-0.2, 0) is 13.8 Å². The minimum atomic E-state index is -1.19. The Hall–Kier alpha value is -0.810. The molecule has 0 N–H and O–H groups in total. The second kappa shape index (κ2) is 14.1. The standard InChI is InChI=1S/C25H48N5O3P/c1-21(2)30(22(3)4)34(32-19-8-11-26)33-20-18-27-12-9-23(10-13-27)24(31)28-14-16-29(17-15-28)25(5,6)7/h21-23H,8-10,12-20H2,1-7H3. The number of hydrogen-bond donors (Lipinski definition) is 0. The fourth-order valence-corrected chi connectivity index (χ4v) is 6.40. The molecule has 8 nitrogen and oxygen atoms in total. The van der Waals surface area contributed by atoms with Crippen molar-refractivity contribution in [1.82, 2.24) is 19.4 Å². The Morgan fingerprint density at radius 2 is 1.56 bits per heavy atom. The van der Waals surface area contributed by atoms with Crippen molar-refractivity contribution in [2.75, 3.05) is 59.0 Å². The summed E-state index contributed by atoms with van der Waals surface area (Å²) in [6, 6.07) is 2.75. The van der Waals surface area contributed by atoms with Gasteiger partial charge in [0.2, 0.25) is 5.91 Å². The summed E-state index contributed by atoms with van der Waals surface area (Å²) in [7, 11) is -1.19. The van der Waals surface area contributed by atoms with Gasteiger partial charge in [0.25, 0.3) is 8.53 Å². The summed E-state index contributed by atoms with van der Waals surface area (Å²) in [5.41, 5.74) is 0.172. The van der Waals surface area contributed by atoms with E-state index in [-0.39, 0.29) is 11.5 Å². The van der Waals surface area contributed by atoms with Gasteiger partial charge in [0, 0.05) is 56.3 Å². The van der Waals surface area contributed by atoms with Gasteiger partial charge in [0.15, 0.2) is 0 Å². The maximum absolute atomic E-state index is 13.1. The number of nitrogens with zero attached hydrogens (tertiary/aromatic N) is 5. The van der Waals surface area contributed by atoms with Gasteiger partial charge in [0.1, 0.15) is 0 Å². The largest absolute Gasteiger partial charge is 0.340 e. The van der Waals surface area contributed by atoms with E-state index in [2.05, 4.69) is 73.9 Å². The summed E-state index contributed by atoms with van der Waals surface area (Å²) in [5, 5.41) is 8.86. The normalized spacial score (nSPS) is 20.3. The van der Waals surface area contributed by atoms with E-state index in [9.17, 15) is 4.79 Å². The molecule has 34 heavy (non-hydrogen) atoms. The zero-order valence-corrected chi connectivity index (χ0v) is 23.5. The third-order valence-corrected chi connectivity index (χ3v) is 8.86. The first-order valence-electron chi connectivity index (χ1n) is 13.0. The second-order valence-corrected chi connectivity index (χ2v) is 12.4. The van der Waals surface area contributed by atoms with E-state index in [1.165, 1.54) is 0 Å². The molecule has 1 atom stereocenters. The summed E-state index contributed by atoms with van der Waals surface area (Å²) >= 11 is 0. The van der Waals surface area contributed by atoms with Crippen LogP contribution in [0.5, 0.6) is 0 Å². The molecular weight excluding hydrogens is 449 g/mol. The fraction of sp³-hybridized carbons (Fsp3) is 0.920. The first-order chi connectivity index (χ1) is 16.0. The number of amides is 1. The van der Waals surface area contributed by atoms with E-state index in [0.717, 1.165) is 58.7 Å². The molecule has 0 aromatic rings. The van der Waals surface area contributed by atoms with E-state index >= 15 is 0 Å². The number of piperidine rings is 1. The molecule has 2 rings (SSSR count). The molecule has 2 saturated heterocycles. The average Bonchev–Trinajstić information content (AvgIpc) is 2.78. The maximum atomic E-state index is 13.1. The topological polar surface area (TPSA) is 72.3 Å². The van der Waals surface area contributed by atoms with Crippen LogP contribution in [0.15, 0.2) is 0 Å². The molecule has 1 unspecified atom stereocenters. The van der Waals surface area contributed by atoms with Crippen molar-refractivity contribution in [3.63, 3.8) is 0 Å². The predicted molar refractivity (Wildman–Crippen MR) is 138 cm³/mol. The Labute approximate surface area is 209 Å². The molecule has 0 saturated carbocycles. The van der Waals surface area contributed by atoms with Gasteiger partial charge < -0.3 is 18.8 Å². The number of rotatable bonds is 11. The van der Waals surface area contributed by atoms with Crippen LogP contribution in [-0.4, -0.2) is 102 Å². The van der Waals surface area contributed by atoms with E-state index in [4.69, 9.17) is 14.3 Å². The summed E-state index contributed by atoms with van der Waals surface area (Å²) in [6.07, 6.45) is 2.23. The molecule has 0 aliphatic carbocycles. The molecule has 0 radical (unpaired) electrons. The van der Waals surface area contributed by atoms with Gasteiger partial charge in [-0.25, -0.2) is 4.67 Å². The van der Waals surface area contributed by atoms with Crippen LogP contribution in [0.25, 0.3) is 0 Å². The minimum absolute atomic E-state index is 0.155. The highest BCUT2D eigenvalue weighted by atomic mass is 31.2. The van der Waals surface area contributed by atoms with Gasteiger partial charge in [-0.05, 0) is 74.4 Å². The van der Waals surface area contributed by atoms with Crippen molar-refractivity contribution in [3.05, 3.63) is 0 Å². The second-order valence-electron chi connectivity index (χ2n) is 11.0. The van der Waals surface area contributed by atoms with Crippen LogP contribution in [0.4, 0.5) is 0 Å². The molecule has 0 spiro atoms.